The minimum atomic E-state index is -0.927. The number of benzene rings is 2. The molecule has 0 radical (unpaired) electrons. The maximum Gasteiger partial charge on any atom is 0.342 e. The summed E-state index contributed by atoms with van der Waals surface area (Å²) in [5.74, 6) is -1.18. The van der Waals surface area contributed by atoms with Crippen LogP contribution < -0.4 is 5.32 Å². The number of carbonyl (C=O) groups excluding carboxylic acids is 2. The summed E-state index contributed by atoms with van der Waals surface area (Å²) in [7, 11) is 0. The van der Waals surface area contributed by atoms with Crippen molar-refractivity contribution in [2.24, 2.45) is 0 Å². The Morgan fingerprint density at radius 3 is 2.78 bits per heavy atom. The van der Waals surface area contributed by atoms with Gasteiger partial charge in [0, 0.05) is 11.9 Å². The molecule has 1 atom stereocenters. The number of ether oxygens (including phenoxy) is 1. The zero-order valence-electron chi connectivity index (χ0n) is 15.5. The number of amides is 1. The van der Waals surface area contributed by atoms with Crippen LogP contribution >= 0.6 is 0 Å². The summed E-state index contributed by atoms with van der Waals surface area (Å²) in [6.45, 7) is 2.07. The molecule has 0 spiro atoms. The molecule has 0 saturated heterocycles. The minimum Gasteiger partial charge on any atom is -0.506 e. The number of esters is 1. The number of phenolic OH excluding ortho intramolecular Hbond substituents is 1. The van der Waals surface area contributed by atoms with Gasteiger partial charge in [-0.25, -0.2) is 4.79 Å². The third-order valence-electron chi connectivity index (χ3n) is 4.90. The van der Waals surface area contributed by atoms with E-state index in [1.807, 2.05) is 12.1 Å². The third kappa shape index (κ3) is 4.67. The average molecular weight is 367 g/mol. The fraction of sp³-hybridized carbons (Fsp3) is 0.364. The maximum atomic E-state index is 12.4. The van der Waals surface area contributed by atoms with Gasteiger partial charge in [-0.15, -0.1) is 0 Å². The lowest BCUT2D eigenvalue weighted by Gasteiger charge is -2.16. The summed E-state index contributed by atoms with van der Waals surface area (Å²) >= 11 is 0. The van der Waals surface area contributed by atoms with Gasteiger partial charge in [0.25, 0.3) is 5.91 Å². The Bertz CT molecular complexity index is 872. The van der Waals surface area contributed by atoms with Crippen LogP contribution in [0.1, 0.15) is 49.4 Å². The molecule has 2 aromatic carbocycles. The highest BCUT2D eigenvalue weighted by Crippen LogP contribution is 2.29. The number of aromatic hydroxyl groups is 1. The quantitative estimate of drug-likeness (QED) is 0.595. The molecule has 0 fully saturated rings. The molecule has 1 amide bonds. The summed E-state index contributed by atoms with van der Waals surface area (Å²) in [6.07, 6.45) is 6.82. The highest BCUT2D eigenvalue weighted by Gasteiger charge is 2.21. The van der Waals surface area contributed by atoms with Gasteiger partial charge in [-0.05, 0) is 50.5 Å². The lowest BCUT2D eigenvalue weighted by molar-refractivity contribution is -0.129. The Balaban J connectivity index is 1.56. The topological polar surface area (TPSA) is 75.6 Å². The van der Waals surface area contributed by atoms with Crippen molar-refractivity contribution in [1.29, 1.82) is 0 Å². The number of hydrogen-bond donors (Lipinski definition) is 2. The number of allylic oxidation sites excluding steroid dienone is 1. The van der Waals surface area contributed by atoms with Crippen LogP contribution in [0, 0.1) is 0 Å². The van der Waals surface area contributed by atoms with Gasteiger partial charge in [-0.1, -0.05) is 42.0 Å². The van der Waals surface area contributed by atoms with Crippen molar-refractivity contribution >= 4 is 22.6 Å². The first-order valence-electron chi connectivity index (χ1n) is 9.43. The molecule has 3 rings (SSSR count). The molecule has 1 aliphatic rings. The van der Waals surface area contributed by atoms with Gasteiger partial charge >= 0.3 is 5.97 Å². The molecule has 0 aromatic heterocycles. The average Bonchev–Trinajstić information content (AvgIpc) is 2.69. The lowest BCUT2D eigenvalue weighted by Crippen LogP contribution is -2.36. The second-order valence-electron chi connectivity index (χ2n) is 6.88. The van der Waals surface area contributed by atoms with E-state index in [1.54, 1.807) is 18.2 Å². The van der Waals surface area contributed by atoms with Gasteiger partial charge in [0.2, 0.25) is 0 Å². The smallest absolute Gasteiger partial charge is 0.342 e. The molecule has 2 N–H and O–H groups in total. The van der Waals surface area contributed by atoms with Crippen molar-refractivity contribution in [2.75, 3.05) is 6.54 Å². The fourth-order valence-electron chi connectivity index (χ4n) is 3.32. The van der Waals surface area contributed by atoms with Crippen molar-refractivity contribution in [2.45, 2.75) is 45.1 Å². The van der Waals surface area contributed by atoms with E-state index in [-0.39, 0.29) is 17.2 Å². The van der Waals surface area contributed by atoms with Crippen LogP contribution in [0.2, 0.25) is 0 Å². The zero-order chi connectivity index (χ0) is 19.2. The van der Waals surface area contributed by atoms with Gasteiger partial charge in [0.15, 0.2) is 6.10 Å². The van der Waals surface area contributed by atoms with E-state index in [0.717, 1.165) is 24.6 Å². The van der Waals surface area contributed by atoms with Crippen molar-refractivity contribution in [1.82, 2.24) is 5.32 Å². The van der Waals surface area contributed by atoms with Gasteiger partial charge in [0.05, 0.1) is 0 Å². The van der Waals surface area contributed by atoms with Crippen molar-refractivity contribution in [3.63, 3.8) is 0 Å². The van der Waals surface area contributed by atoms with Gasteiger partial charge in [0.1, 0.15) is 11.3 Å². The van der Waals surface area contributed by atoms with E-state index in [9.17, 15) is 14.7 Å². The second kappa shape index (κ2) is 8.71. The maximum absolute atomic E-state index is 12.4. The highest BCUT2D eigenvalue weighted by molar-refractivity contribution is 6.01. The van der Waals surface area contributed by atoms with Crippen LogP contribution in [0.15, 0.2) is 48.0 Å². The molecule has 142 valence electrons. The SMILES string of the molecule is C[C@@H](OC(=O)c1ccc2ccccc2c1O)C(=O)NCCC1=CCCCC1. The molecule has 0 aliphatic heterocycles. The molecule has 5 heteroatoms. The summed E-state index contributed by atoms with van der Waals surface area (Å²) in [5.41, 5.74) is 1.44. The highest BCUT2D eigenvalue weighted by atomic mass is 16.5. The number of nitrogens with one attached hydrogen (secondary N) is 1. The normalized spacial score (nSPS) is 15.1. The van der Waals surface area contributed by atoms with E-state index >= 15 is 0 Å². The molecule has 1 aliphatic carbocycles. The van der Waals surface area contributed by atoms with E-state index in [0.29, 0.717) is 11.9 Å². The molecule has 0 heterocycles. The number of phenols is 1. The first-order chi connectivity index (χ1) is 13.1. The van der Waals surface area contributed by atoms with Crippen LogP contribution in [0.4, 0.5) is 0 Å². The Morgan fingerprint density at radius 2 is 2.00 bits per heavy atom. The van der Waals surface area contributed by atoms with E-state index in [2.05, 4.69) is 11.4 Å². The number of rotatable bonds is 6. The largest absolute Gasteiger partial charge is 0.506 e. The first-order valence-corrected chi connectivity index (χ1v) is 9.43. The molecule has 0 unspecified atom stereocenters. The standard InChI is InChI=1S/C22H25NO4/c1-15(21(25)23-14-13-16-7-3-2-4-8-16)27-22(26)19-12-11-17-9-5-6-10-18(17)20(19)24/h5-7,9-12,15,24H,2-4,8,13-14H2,1H3,(H,23,25)/t15-/m1/s1. The van der Waals surface area contributed by atoms with Crippen LogP contribution in [-0.2, 0) is 9.53 Å². The Labute approximate surface area is 159 Å². The molecular formula is C22H25NO4. The van der Waals surface area contributed by atoms with Crippen LogP contribution in [-0.4, -0.2) is 29.6 Å². The zero-order valence-corrected chi connectivity index (χ0v) is 15.5. The summed E-state index contributed by atoms with van der Waals surface area (Å²) in [6, 6.07) is 10.5. The first kappa shape index (κ1) is 19.0. The van der Waals surface area contributed by atoms with E-state index < -0.39 is 12.1 Å². The molecule has 5 nitrogen and oxygen atoms in total. The number of fused-ring (bicyclic) bond motifs is 1. The summed E-state index contributed by atoms with van der Waals surface area (Å²) in [5, 5.41) is 14.6. The Hall–Kier alpha value is -2.82. The number of hydrogen-bond acceptors (Lipinski definition) is 4. The Morgan fingerprint density at radius 1 is 1.19 bits per heavy atom. The van der Waals surface area contributed by atoms with Crippen LogP contribution in [0.3, 0.4) is 0 Å². The van der Waals surface area contributed by atoms with E-state index in [1.165, 1.54) is 31.4 Å². The van der Waals surface area contributed by atoms with Crippen molar-refractivity contribution < 1.29 is 19.4 Å². The van der Waals surface area contributed by atoms with Gasteiger partial charge < -0.3 is 15.2 Å². The van der Waals surface area contributed by atoms with E-state index in [4.69, 9.17) is 4.74 Å². The van der Waals surface area contributed by atoms with Crippen molar-refractivity contribution in [3.05, 3.63) is 53.6 Å². The lowest BCUT2D eigenvalue weighted by atomic mass is 9.97. The van der Waals surface area contributed by atoms with Crippen molar-refractivity contribution in [3.8, 4) is 5.75 Å². The molecule has 0 saturated carbocycles. The minimum absolute atomic E-state index is 0.0562. The molecule has 27 heavy (non-hydrogen) atoms. The van der Waals surface area contributed by atoms with Gasteiger partial charge in [-0.3, -0.25) is 4.79 Å². The summed E-state index contributed by atoms with van der Waals surface area (Å²) < 4.78 is 5.24. The van der Waals surface area contributed by atoms with Crippen LogP contribution in [0.25, 0.3) is 10.8 Å². The molecule has 2 aromatic rings. The molecule has 0 bridgehead atoms. The second-order valence-corrected chi connectivity index (χ2v) is 6.88. The monoisotopic (exact) mass is 367 g/mol. The van der Waals surface area contributed by atoms with Crippen LogP contribution in [0.5, 0.6) is 5.75 Å². The molecular weight excluding hydrogens is 342 g/mol. The fourth-order valence-corrected chi connectivity index (χ4v) is 3.32. The third-order valence-corrected chi connectivity index (χ3v) is 4.90. The predicted molar refractivity (Wildman–Crippen MR) is 105 cm³/mol. The number of carbonyl (C=O) groups is 2. The van der Waals surface area contributed by atoms with Gasteiger partial charge in [-0.2, -0.15) is 0 Å². The summed E-state index contributed by atoms with van der Waals surface area (Å²) in [4.78, 5) is 24.6. The Kier molecular flexibility index (Phi) is 6.12. The predicted octanol–water partition coefficient (Wildman–Crippen LogP) is 4.10.